The molecule has 0 spiro atoms. The Hall–Kier alpha value is -4.25. The van der Waals surface area contributed by atoms with Gasteiger partial charge in [-0.25, -0.2) is 4.98 Å². The van der Waals surface area contributed by atoms with Crippen LogP contribution in [0.2, 0.25) is 0 Å². The smallest absolute Gasteiger partial charge is 0.239 e. The van der Waals surface area contributed by atoms with Crippen molar-refractivity contribution in [2.24, 2.45) is 7.05 Å². The lowest BCUT2D eigenvalue weighted by Gasteiger charge is -2.39. The fourth-order valence-corrected chi connectivity index (χ4v) is 4.84. The van der Waals surface area contributed by atoms with Crippen LogP contribution in [0.15, 0.2) is 97.2 Å². The third-order valence-electron chi connectivity index (χ3n) is 6.63. The summed E-state index contributed by atoms with van der Waals surface area (Å²) in [5.74, 6) is 3.00. The van der Waals surface area contributed by atoms with Gasteiger partial charge in [0.25, 0.3) is 0 Å². The van der Waals surface area contributed by atoms with Crippen LogP contribution >= 0.6 is 0 Å². The molecule has 0 aliphatic carbocycles. The van der Waals surface area contributed by atoms with Crippen LogP contribution in [0.5, 0.6) is 0 Å². The number of hydrogen-bond acceptors (Lipinski definition) is 4. The highest BCUT2D eigenvalue weighted by atomic mass is 15.3. The summed E-state index contributed by atoms with van der Waals surface area (Å²) in [7, 11) is 2.08. The Kier molecular flexibility index (Phi) is 4.59. The monoisotopic (exact) mass is 443 g/mol. The van der Waals surface area contributed by atoms with E-state index in [1.165, 1.54) is 11.1 Å². The number of aryl methyl sites for hydroxylation is 1. The summed E-state index contributed by atoms with van der Waals surface area (Å²) in [6.07, 6.45) is 2.11. The fraction of sp³-hybridized carbons (Fsp3) is 0.138. The Bertz CT molecular complexity index is 1430. The van der Waals surface area contributed by atoms with Gasteiger partial charge in [-0.05, 0) is 17.7 Å². The van der Waals surface area contributed by atoms with Crippen molar-refractivity contribution in [3.8, 4) is 22.8 Å². The van der Waals surface area contributed by atoms with E-state index < -0.39 is 0 Å². The summed E-state index contributed by atoms with van der Waals surface area (Å²) < 4.78 is 2.15. The number of aromatic nitrogens is 4. The highest BCUT2D eigenvalue weighted by molar-refractivity contribution is 5.83. The molecule has 0 atom stereocenters. The molecule has 1 aliphatic heterocycles. The van der Waals surface area contributed by atoms with Gasteiger partial charge in [-0.2, -0.15) is 9.97 Å². The molecule has 3 aromatic carbocycles. The molecule has 0 saturated heterocycles. The Morgan fingerprint density at radius 1 is 0.618 bits per heavy atom. The molecule has 6 rings (SSSR count). The zero-order valence-electron chi connectivity index (χ0n) is 19.5. The lowest BCUT2D eigenvalue weighted by atomic mass is 9.75. The van der Waals surface area contributed by atoms with Gasteiger partial charge in [-0.15, -0.1) is 0 Å². The molecule has 0 fully saturated rings. The SMILES string of the molecule is Cn1ccc2c1N(c1nc(-c3ccccc3)nc(-c3ccccc3)n1)c1ccccc1C2(C)C. The molecule has 2 aromatic heterocycles. The van der Waals surface area contributed by atoms with Crippen LogP contribution in [-0.4, -0.2) is 19.5 Å². The van der Waals surface area contributed by atoms with Crippen LogP contribution in [-0.2, 0) is 12.5 Å². The maximum Gasteiger partial charge on any atom is 0.239 e. The molecule has 5 aromatic rings. The molecule has 1 aliphatic rings. The molecule has 0 N–H and O–H groups in total. The first-order valence-electron chi connectivity index (χ1n) is 11.5. The van der Waals surface area contributed by atoms with E-state index in [9.17, 15) is 0 Å². The van der Waals surface area contributed by atoms with Gasteiger partial charge in [0.1, 0.15) is 5.82 Å². The summed E-state index contributed by atoms with van der Waals surface area (Å²) in [6.45, 7) is 4.56. The first-order valence-corrected chi connectivity index (χ1v) is 11.5. The number of anilines is 3. The van der Waals surface area contributed by atoms with Gasteiger partial charge in [0.15, 0.2) is 11.6 Å². The van der Waals surface area contributed by atoms with E-state index in [2.05, 4.69) is 66.9 Å². The van der Waals surface area contributed by atoms with Crippen LogP contribution in [0.3, 0.4) is 0 Å². The second-order valence-corrected chi connectivity index (χ2v) is 9.16. The third-order valence-corrected chi connectivity index (χ3v) is 6.63. The molecule has 0 bridgehead atoms. The Balaban J connectivity index is 1.64. The molecule has 3 heterocycles. The average molecular weight is 444 g/mol. The Morgan fingerprint density at radius 3 is 1.79 bits per heavy atom. The van der Waals surface area contributed by atoms with Gasteiger partial charge in [0.2, 0.25) is 5.95 Å². The van der Waals surface area contributed by atoms with E-state index in [0.717, 1.165) is 22.6 Å². The van der Waals surface area contributed by atoms with E-state index in [1.54, 1.807) is 0 Å². The maximum absolute atomic E-state index is 5.01. The van der Waals surface area contributed by atoms with Crippen molar-refractivity contribution >= 4 is 17.5 Å². The predicted molar refractivity (Wildman–Crippen MR) is 136 cm³/mol. The van der Waals surface area contributed by atoms with Crippen molar-refractivity contribution in [1.29, 1.82) is 0 Å². The van der Waals surface area contributed by atoms with Gasteiger partial charge in [-0.3, -0.25) is 4.90 Å². The number of hydrogen-bond donors (Lipinski definition) is 0. The average Bonchev–Trinajstić information content (AvgIpc) is 3.27. The molecular formula is C29H25N5. The molecular weight excluding hydrogens is 418 g/mol. The largest absolute Gasteiger partial charge is 0.337 e. The third kappa shape index (κ3) is 3.12. The molecule has 166 valence electrons. The van der Waals surface area contributed by atoms with Crippen LogP contribution in [0, 0.1) is 0 Å². The van der Waals surface area contributed by atoms with Gasteiger partial charge in [-0.1, -0.05) is 92.7 Å². The quantitative estimate of drug-likeness (QED) is 0.313. The summed E-state index contributed by atoms with van der Waals surface area (Å²) in [5.41, 5.74) is 5.36. The summed E-state index contributed by atoms with van der Waals surface area (Å²) >= 11 is 0. The molecule has 0 radical (unpaired) electrons. The summed E-state index contributed by atoms with van der Waals surface area (Å²) in [5, 5.41) is 0. The number of fused-ring (bicyclic) bond motifs is 2. The van der Waals surface area contributed by atoms with Crippen molar-refractivity contribution in [3.05, 3.63) is 108 Å². The van der Waals surface area contributed by atoms with Gasteiger partial charge >= 0.3 is 0 Å². The molecule has 0 amide bonds. The van der Waals surface area contributed by atoms with Gasteiger partial charge in [0.05, 0.1) is 5.69 Å². The molecule has 0 saturated carbocycles. The molecule has 0 unspecified atom stereocenters. The number of rotatable bonds is 3. The van der Waals surface area contributed by atoms with Gasteiger partial charge in [0, 0.05) is 35.3 Å². The minimum atomic E-state index is -0.138. The first-order chi connectivity index (χ1) is 16.5. The maximum atomic E-state index is 5.01. The van der Waals surface area contributed by atoms with Crippen molar-refractivity contribution in [2.45, 2.75) is 19.3 Å². The highest BCUT2D eigenvalue weighted by Crippen LogP contribution is 2.51. The second kappa shape index (κ2) is 7.66. The van der Waals surface area contributed by atoms with Crippen LogP contribution < -0.4 is 4.90 Å². The number of nitrogens with zero attached hydrogens (tertiary/aromatic N) is 5. The van der Waals surface area contributed by atoms with Crippen molar-refractivity contribution in [3.63, 3.8) is 0 Å². The highest BCUT2D eigenvalue weighted by Gasteiger charge is 2.39. The van der Waals surface area contributed by atoms with Crippen molar-refractivity contribution in [1.82, 2.24) is 19.5 Å². The van der Waals surface area contributed by atoms with Gasteiger partial charge < -0.3 is 4.57 Å². The fourth-order valence-electron chi connectivity index (χ4n) is 4.84. The standard InChI is InChI=1S/C29H25N5/c1-29(2)22-16-10-11-17-24(22)34(27-23(29)18-19-33(27)3)28-31-25(20-12-6-4-7-13-20)30-26(32-28)21-14-8-5-9-15-21/h4-19H,1-3H3. The van der Waals surface area contributed by atoms with E-state index in [-0.39, 0.29) is 5.41 Å². The summed E-state index contributed by atoms with van der Waals surface area (Å²) in [4.78, 5) is 17.1. The molecule has 5 heteroatoms. The topological polar surface area (TPSA) is 46.8 Å². The Labute approximate surface area is 199 Å². The van der Waals surface area contributed by atoms with Crippen molar-refractivity contribution in [2.75, 3.05) is 4.90 Å². The molecule has 34 heavy (non-hydrogen) atoms. The zero-order chi connectivity index (χ0) is 23.3. The lowest BCUT2D eigenvalue weighted by Crippen LogP contribution is -2.32. The minimum Gasteiger partial charge on any atom is -0.337 e. The lowest BCUT2D eigenvalue weighted by molar-refractivity contribution is 0.627. The van der Waals surface area contributed by atoms with Crippen molar-refractivity contribution < 1.29 is 0 Å². The van der Waals surface area contributed by atoms with E-state index in [4.69, 9.17) is 15.0 Å². The second-order valence-electron chi connectivity index (χ2n) is 9.16. The van der Waals surface area contributed by atoms with Crippen LogP contribution in [0.1, 0.15) is 25.0 Å². The normalized spacial score (nSPS) is 13.9. The minimum absolute atomic E-state index is 0.138. The van der Waals surface area contributed by atoms with Crippen LogP contribution in [0.25, 0.3) is 22.8 Å². The first kappa shape index (κ1) is 20.4. The predicted octanol–water partition coefficient (Wildman–Crippen LogP) is 6.65. The van der Waals surface area contributed by atoms with E-state index in [0.29, 0.717) is 17.6 Å². The van der Waals surface area contributed by atoms with Crippen LogP contribution in [0.4, 0.5) is 17.5 Å². The van der Waals surface area contributed by atoms with E-state index >= 15 is 0 Å². The zero-order valence-corrected chi connectivity index (χ0v) is 19.5. The van der Waals surface area contributed by atoms with E-state index in [1.807, 2.05) is 60.7 Å². The Morgan fingerprint density at radius 2 is 1.18 bits per heavy atom. The summed E-state index contributed by atoms with van der Waals surface area (Å²) in [6, 6.07) is 30.9. The molecule has 5 nitrogen and oxygen atoms in total. The number of para-hydroxylation sites is 1. The number of benzene rings is 3.